The topological polar surface area (TPSA) is 18.5 Å². The molecule has 4 rings (SSSR count). The molecule has 0 atom stereocenters. The average molecular weight is 451 g/mol. The molecule has 2 nitrogen and oxygen atoms in total. The van der Waals surface area contributed by atoms with Crippen LogP contribution in [0.25, 0.3) is 11.1 Å². The molecule has 0 amide bonds. The lowest BCUT2D eigenvalue weighted by molar-refractivity contribution is 0.469. The number of hydrogen-bond donors (Lipinski definition) is 0. The van der Waals surface area contributed by atoms with Crippen molar-refractivity contribution in [3.8, 4) is 34.1 Å². The second-order valence-electron chi connectivity index (χ2n) is 10.8. The summed E-state index contributed by atoms with van der Waals surface area (Å²) in [7, 11) is 0. The maximum absolute atomic E-state index is 6.04. The summed E-state index contributed by atoms with van der Waals surface area (Å²) >= 11 is 0. The molecule has 2 heteroatoms. The van der Waals surface area contributed by atoms with E-state index >= 15 is 0 Å². The summed E-state index contributed by atoms with van der Waals surface area (Å²) in [6, 6.07) is 33.0. The first-order valence-corrected chi connectivity index (χ1v) is 11.9. The van der Waals surface area contributed by atoms with Crippen LogP contribution < -0.4 is 9.47 Å². The molecule has 0 aromatic heterocycles. The SMILES string of the molecule is CC(C)(C)c1ccc(Oc2ccc(Oc3ccc(-c4ccc(C(C)(C)C)cc4)cc3)cc2)cc1. The van der Waals surface area contributed by atoms with Crippen LogP contribution in [0, 0.1) is 0 Å². The Bertz CT molecular complexity index is 1200. The van der Waals surface area contributed by atoms with Gasteiger partial charge in [-0.1, -0.05) is 90.1 Å². The van der Waals surface area contributed by atoms with E-state index in [2.05, 4.69) is 90.1 Å². The third-order valence-corrected chi connectivity index (χ3v) is 5.95. The quantitative estimate of drug-likeness (QED) is 0.301. The van der Waals surface area contributed by atoms with Crippen LogP contribution in [-0.2, 0) is 10.8 Å². The lowest BCUT2D eigenvalue weighted by atomic mass is 9.86. The number of hydrogen-bond acceptors (Lipinski definition) is 2. The highest BCUT2D eigenvalue weighted by Gasteiger charge is 2.14. The van der Waals surface area contributed by atoms with Crippen LogP contribution in [0.15, 0.2) is 97.1 Å². The van der Waals surface area contributed by atoms with Crippen molar-refractivity contribution in [2.24, 2.45) is 0 Å². The monoisotopic (exact) mass is 450 g/mol. The third kappa shape index (κ3) is 5.88. The van der Waals surface area contributed by atoms with Crippen molar-refractivity contribution in [2.75, 3.05) is 0 Å². The van der Waals surface area contributed by atoms with Crippen LogP contribution in [0.4, 0.5) is 0 Å². The average Bonchev–Trinajstić information content (AvgIpc) is 2.80. The van der Waals surface area contributed by atoms with Gasteiger partial charge in [-0.25, -0.2) is 0 Å². The molecular weight excluding hydrogens is 416 g/mol. The van der Waals surface area contributed by atoms with Crippen LogP contribution in [-0.4, -0.2) is 0 Å². The van der Waals surface area contributed by atoms with Crippen molar-refractivity contribution in [1.82, 2.24) is 0 Å². The Morgan fingerprint density at radius 1 is 0.353 bits per heavy atom. The molecule has 0 radical (unpaired) electrons. The molecule has 0 heterocycles. The maximum Gasteiger partial charge on any atom is 0.127 e. The minimum Gasteiger partial charge on any atom is -0.457 e. The summed E-state index contributed by atoms with van der Waals surface area (Å²) in [6.45, 7) is 13.3. The molecule has 0 aliphatic carbocycles. The predicted octanol–water partition coefficient (Wildman–Crippen LogP) is 9.53. The summed E-state index contributed by atoms with van der Waals surface area (Å²) in [5, 5.41) is 0. The smallest absolute Gasteiger partial charge is 0.127 e. The van der Waals surface area contributed by atoms with Crippen molar-refractivity contribution in [1.29, 1.82) is 0 Å². The molecule has 0 saturated heterocycles. The van der Waals surface area contributed by atoms with Gasteiger partial charge in [-0.2, -0.15) is 0 Å². The molecule has 0 unspecified atom stereocenters. The van der Waals surface area contributed by atoms with Gasteiger partial charge in [0.15, 0.2) is 0 Å². The van der Waals surface area contributed by atoms with E-state index in [1.165, 1.54) is 22.3 Å². The van der Waals surface area contributed by atoms with Gasteiger partial charge in [0.25, 0.3) is 0 Å². The fourth-order valence-corrected chi connectivity index (χ4v) is 3.75. The van der Waals surface area contributed by atoms with Gasteiger partial charge in [-0.3, -0.25) is 0 Å². The highest BCUT2D eigenvalue weighted by atomic mass is 16.5. The fourth-order valence-electron chi connectivity index (χ4n) is 3.75. The van der Waals surface area contributed by atoms with Crippen molar-refractivity contribution in [3.05, 3.63) is 108 Å². The van der Waals surface area contributed by atoms with E-state index < -0.39 is 0 Å². The van der Waals surface area contributed by atoms with Gasteiger partial charge >= 0.3 is 0 Å². The van der Waals surface area contributed by atoms with E-state index in [-0.39, 0.29) is 10.8 Å². The molecule has 4 aromatic rings. The Balaban J connectivity index is 1.38. The first-order chi connectivity index (χ1) is 16.1. The van der Waals surface area contributed by atoms with E-state index in [4.69, 9.17) is 9.47 Å². The van der Waals surface area contributed by atoms with Crippen molar-refractivity contribution in [3.63, 3.8) is 0 Å². The molecule has 0 spiro atoms. The predicted molar refractivity (Wildman–Crippen MR) is 142 cm³/mol. The van der Waals surface area contributed by atoms with Gasteiger partial charge < -0.3 is 9.47 Å². The lowest BCUT2D eigenvalue weighted by Crippen LogP contribution is -2.10. The lowest BCUT2D eigenvalue weighted by Gasteiger charge is -2.19. The van der Waals surface area contributed by atoms with Crippen LogP contribution in [0.5, 0.6) is 23.0 Å². The molecule has 174 valence electrons. The summed E-state index contributed by atoms with van der Waals surface area (Å²) in [5.74, 6) is 3.19. The zero-order chi connectivity index (χ0) is 24.3. The molecule has 0 saturated carbocycles. The fraction of sp³-hybridized carbons (Fsp3) is 0.250. The number of benzene rings is 4. The summed E-state index contributed by atoms with van der Waals surface area (Å²) < 4.78 is 12.0. The Morgan fingerprint density at radius 3 is 0.912 bits per heavy atom. The highest BCUT2D eigenvalue weighted by molar-refractivity contribution is 5.64. The largest absolute Gasteiger partial charge is 0.457 e. The van der Waals surface area contributed by atoms with Crippen molar-refractivity contribution >= 4 is 0 Å². The number of rotatable bonds is 5. The van der Waals surface area contributed by atoms with Crippen molar-refractivity contribution in [2.45, 2.75) is 52.4 Å². The van der Waals surface area contributed by atoms with Crippen molar-refractivity contribution < 1.29 is 9.47 Å². The van der Waals surface area contributed by atoms with Gasteiger partial charge in [0.1, 0.15) is 23.0 Å². The maximum atomic E-state index is 6.04. The molecule has 0 aliphatic heterocycles. The van der Waals surface area contributed by atoms with Gasteiger partial charge in [0, 0.05) is 0 Å². The van der Waals surface area contributed by atoms with E-state index in [9.17, 15) is 0 Å². The highest BCUT2D eigenvalue weighted by Crippen LogP contribution is 2.31. The first-order valence-electron chi connectivity index (χ1n) is 11.9. The van der Waals surface area contributed by atoms with Crippen LogP contribution in [0.2, 0.25) is 0 Å². The molecule has 0 bridgehead atoms. The Kier molecular flexibility index (Phi) is 6.52. The molecule has 4 aromatic carbocycles. The molecule has 0 N–H and O–H groups in total. The zero-order valence-electron chi connectivity index (χ0n) is 21.1. The summed E-state index contributed by atoms with van der Waals surface area (Å²) in [6.07, 6.45) is 0. The Morgan fingerprint density at radius 2 is 0.588 bits per heavy atom. The zero-order valence-corrected chi connectivity index (χ0v) is 21.1. The van der Waals surface area contributed by atoms with E-state index in [1.807, 2.05) is 48.5 Å². The second-order valence-corrected chi connectivity index (χ2v) is 10.8. The van der Waals surface area contributed by atoms with E-state index in [0.29, 0.717) is 0 Å². The van der Waals surface area contributed by atoms with Gasteiger partial charge in [-0.15, -0.1) is 0 Å². The normalized spacial score (nSPS) is 11.8. The third-order valence-electron chi connectivity index (χ3n) is 5.95. The Labute approximate surface area is 204 Å². The molecule has 0 fully saturated rings. The van der Waals surface area contributed by atoms with Gasteiger partial charge in [0.05, 0.1) is 0 Å². The Hall–Kier alpha value is -3.52. The standard InChI is InChI=1S/C32H34O2/c1-31(2,3)25-11-7-23(8-12-25)24-9-15-27(16-10-24)33-29-19-21-30(22-20-29)34-28-17-13-26(14-18-28)32(4,5)6/h7-22H,1-6H3. The van der Waals surface area contributed by atoms with Crippen LogP contribution in [0.1, 0.15) is 52.7 Å². The molecular formula is C32H34O2. The van der Waals surface area contributed by atoms with Crippen LogP contribution in [0.3, 0.4) is 0 Å². The second kappa shape index (κ2) is 9.38. The first kappa shape index (κ1) is 23.6. The number of ether oxygens (including phenoxy) is 2. The van der Waals surface area contributed by atoms with Gasteiger partial charge in [0.2, 0.25) is 0 Å². The minimum absolute atomic E-state index is 0.132. The van der Waals surface area contributed by atoms with Crippen LogP contribution >= 0.6 is 0 Å². The van der Waals surface area contributed by atoms with E-state index in [1.54, 1.807) is 0 Å². The minimum atomic E-state index is 0.132. The molecule has 34 heavy (non-hydrogen) atoms. The summed E-state index contributed by atoms with van der Waals surface area (Å²) in [4.78, 5) is 0. The van der Waals surface area contributed by atoms with E-state index in [0.717, 1.165) is 23.0 Å². The summed E-state index contributed by atoms with van der Waals surface area (Å²) in [5.41, 5.74) is 5.30. The molecule has 0 aliphatic rings. The van der Waals surface area contributed by atoms with Gasteiger partial charge in [-0.05, 0) is 81.6 Å².